The van der Waals surface area contributed by atoms with Crippen LogP contribution in [0.25, 0.3) is 10.9 Å². The second-order valence-corrected chi connectivity index (χ2v) is 11.8. The van der Waals surface area contributed by atoms with Crippen molar-refractivity contribution in [3.8, 4) is 5.75 Å². The van der Waals surface area contributed by atoms with Gasteiger partial charge in [-0.25, -0.2) is 4.79 Å². The molecule has 1 aromatic heterocycles. The van der Waals surface area contributed by atoms with Gasteiger partial charge in [0.1, 0.15) is 5.75 Å². The Kier molecular flexibility index (Phi) is 16.8. The number of nitrogens with one attached hydrogen (secondary N) is 1. The molecule has 2 aliphatic rings. The van der Waals surface area contributed by atoms with Crippen LogP contribution in [0.1, 0.15) is 103 Å². The summed E-state index contributed by atoms with van der Waals surface area (Å²) in [4.78, 5) is 40.3. The molecule has 248 valence electrons. The first-order chi connectivity index (χ1) is 21.7. The predicted molar refractivity (Wildman–Crippen MR) is 188 cm³/mol. The molecule has 7 nitrogen and oxygen atoms in total. The Morgan fingerprint density at radius 1 is 1.09 bits per heavy atom. The van der Waals surface area contributed by atoms with E-state index in [9.17, 15) is 14.4 Å². The van der Waals surface area contributed by atoms with Crippen LogP contribution in [0.4, 0.5) is 4.79 Å². The fourth-order valence-corrected chi connectivity index (χ4v) is 6.20. The van der Waals surface area contributed by atoms with Crippen molar-refractivity contribution in [1.82, 2.24) is 14.8 Å². The van der Waals surface area contributed by atoms with Crippen molar-refractivity contribution in [1.29, 1.82) is 0 Å². The maximum absolute atomic E-state index is 13.7. The summed E-state index contributed by atoms with van der Waals surface area (Å²) in [5, 5.41) is 3.96. The highest BCUT2D eigenvalue weighted by atomic mass is 35.5. The van der Waals surface area contributed by atoms with E-state index in [0.29, 0.717) is 11.6 Å². The Balaban J connectivity index is 0.000000503. The number of alkyl halides is 1. The van der Waals surface area contributed by atoms with Gasteiger partial charge in [0.05, 0.1) is 19.0 Å². The molecule has 0 radical (unpaired) electrons. The van der Waals surface area contributed by atoms with Crippen molar-refractivity contribution in [2.24, 2.45) is 0 Å². The van der Waals surface area contributed by atoms with E-state index in [1.54, 1.807) is 17.7 Å². The Hall–Kier alpha value is -3.32. The number of benzene rings is 1. The topological polar surface area (TPSA) is 80.6 Å². The first-order valence-corrected chi connectivity index (χ1v) is 17.1. The number of hydrogen-bond donors (Lipinski definition) is 1. The van der Waals surface area contributed by atoms with Crippen molar-refractivity contribution in [3.05, 3.63) is 65.4 Å². The van der Waals surface area contributed by atoms with Gasteiger partial charge in [-0.05, 0) is 81.4 Å². The number of carbonyl (C=O) groups excluding carboxylic acids is 3. The first kappa shape index (κ1) is 37.9. The molecular weight excluding hydrogens is 586 g/mol. The standard InChI is InChI=1S/C26H35N3O4.C9H13Cl.C2H6/c1-18-22(23-15-21(33-2)13-14-24(23)28(18)17-30)16-25(31)29(20-11-7-4-8-12-20)26(32)27-19-9-5-3-6-10-19;1-4-5-6-8(2)9(3)7-10;1-2/h13-15,17,19-20H,3-12,16H2,1-2H3,(H,27,32);4-6H,3,7H2,1-2H3;1-2H3/b;5-4-,8-6-;. The van der Waals surface area contributed by atoms with Gasteiger partial charge in [0.25, 0.3) is 0 Å². The van der Waals surface area contributed by atoms with Gasteiger partial charge in [-0.1, -0.05) is 77.2 Å². The maximum atomic E-state index is 13.7. The number of fused-ring (bicyclic) bond motifs is 1. The highest BCUT2D eigenvalue weighted by molar-refractivity contribution is 6.19. The molecule has 2 saturated carbocycles. The number of nitrogens with zero attached hydrogens (tertiary/aromatic N) is 2. The lowest BCUT2D eigenvalue weighted by molar-refractivity contribution is -0.129. The lowest BCUT2D eigenvalue weighted by Gasteiger charge is -2.34. The summed E-state index contributed by atoms with van der Waals surface area (Å²) in [6, 6.07) is 5.32. The number of hydrogen-bond acceptors (Lipinski definition) is 4. The van der Waals surface area contributed by atoms with Gasteiger partial charge in [-0.15, -0.1) is 11.6 Å². The van der Waals surface area contributed by atoms with Gasteiger partial charge in [-0.2, -0.15) is 0 Å². The van der Waals surface area contributed by atoms with Crippen molar-refractivity contribution < 1.29 is 19.1 Å². The van der Waals surface area contributed by atoms with E-state index < -0.39 is 0 Å². The summed E-state index contributed by atoms with van der Waals surface area (Å²) in [6.07, 6.45) is 17.1. The van der Waals surface area contributed by atoms with Crippen molar-refractivity contribution in [3.63, 3.8) is 0 Å². The number of imide groups is 1. The van der Waals surface area contributed by atoms with Crippen LogP contribution in [0.3, 0.4) is 0 Å². The monoisotopic (exact) mass is 639 g/mol. The smallest absolute Gasteiger partial charge is 0.324 e. The summed E-state index contributed by atoms with van der Waals surface area (Å²) in [6.45, 7) is 13.6. The number of amides is 3. The summed E-state index contributed by atoms with van der Waals surface area (Å²) in [5.41, 5.74) is 4.36. The van der Waals surface area contributed by atoms with E-state index in [0.717, 1.165) is 97.5 Å². The number of allylic oxidation sites excluding steroid dienone is 5. The molecule has 45 heavy (non-hydrogen) atoms. The minimum Gasteiger partial charge on any atom is -0.497 e. The molecule has 0 aliphatic heterocycles. The Morgan fingerprint density at radius 2 is 1.71 bits per heavy atom. The molecule has 1 aromatic carbocycles. The third kappa shape index (κ3) is 10.6. The van der Waals surface area contributed by atoms with Gasteiger partial charge in [0.15, 0.2) is 0 Å². The molecule has 2 aromatic rings. The van der Waals surface area contributed by atoms with Crippen LogP contribution in [-0.2, 0) is 16.0 Å². The third-order valence-corrected chi connectivity index (χ3v) is 8.96. The largest absolute Gasteiger partial charge is 0.497 e. The minimum absolute atomic E-state index is 0.0656. The van der Waals surface area contributed by atoms with Crippen LogP contribution < -0.4 is 10.1 Å². The molecule has 8 heteroatoms. The molecule has 1 heterocycles. The van der Waals surface area contributed by atoms with Crippen LogP contribution >= 0.6 is 11.6 Å². The van der Waals surface area contributed by atoms with Gasteiger partial charge >= 0.3 is 6.03 Å². The number of rotatable bonds is 9. The van der Waals surface area contributed by atoms with Crippen molar-refractivity contribution >= 4 is 40.9 Å². The molecular formula is C37H54ClN3O4. The zero-order valence-corrected chi connectivity index (χ0v) is 29.0. The number of halogens is 1. The first-order valence-electron chi connectivity index (χ1n) is 16.5. The van der Waals surface area contributed by atoms with E-state index in [1.165, 1.54) is 11.3 Å². The Labute approximate surface area is 275 Å². The molecule has 2 fully saturated rings. The van der Waals surface area contributed by atoms with Crippen LogP contribution in [0.2, 0.25) is 0 Å². The molecule has 0 saturated heterocycles. The SMILES string of the molecule is C=C(CCl)/C(C)=C\C=C/C.CC.COc1ccc2c(c1)c(CC(=O)N(C(=O)NC1CCCCC1)C1CCCCC1)c(C)n2C=O. The molecule has 0 unspecified atom stereocenters. The lowest BCUT2D eigenvalue weighted by atomic mass is 9.93. The van der Waals surface area contributed by atoms with Crippen LogP contribution in [0.5, 0.6) is 5.75 Å². The molecule has 1 N–H and O–H groups in total. The van der Waals surface area contributed by atoms with Gasteiger partial charge in [0, 0.05) is 29.0 Å². The third-order valence-electron chi connectivity index (χ3n) is 8.64. The zero-order valence-electron chi connectivity index (χ0n) is 28.3. The molecule has 0 spiro atoms. The minimum atomic E-state index is -0.256. The molecule has 0 atom stereocenters. The number of aromatic nitrogens is 1. The molecule has 3 amide bonds. The summed E-state index contributed by atoms with van der Waals surface area (Å²) in [7, 11) is 1.59. The van der Waals surface area contributed by atoms with E-state index in [-0.39, 0.29) is 30.4 Å². The molecule has 0 bridgehead atoms. The predicted octanol–water partition coefficient (Wildman–Crippen LogP) is 9.07. The fraction of sp³-hybridized carbons (Fsp3) is 0.541. The maximum Gasteiger partial charge on any atom is 0.324 e. The molecule has 4 rings (SSSR count). The number of ether oxygens (including phenoxy) is 1. The van der Waals surface area contributed by atoms with Crippen LogP contribution in [0, 0.1) is 6.92 Å². The van der Waals surface area contributed by atoms with Crippen LogP contribution in [-0.4, -0.2) is 52.9 Å². The number of urea groups is 1. The Bertz CT molecular complexity index is 1330. The van der Waals surface area contributed by atoms with E-state index >= 15 is 0 Å². The van der Waals surface area contributed by atoms with Crippen molar-refractivity contribution in [2.45, 2.75) is 117 Å². The normalized spacial score (nSPS) is 15.8. The Morgan fingerprint density at radius 3 is 2.27 bits per heavy atom. The van der Waals surface area contributed by atoms with Gasteiger partial charge < -0.3 is 10.1 Å². The molecule has 2 aliphatic carbocycles. The highest BCUT2D eigenvalue weighted by Gasteiger charge is 2.33. The number of carbonyl (C=O) groups is 3. The van der Waals surface area contributed by atoms with Crippen molar-refractivity contribution in [2.75, 3.05) is 13.0 Å². The van der Waals surface area contributed by atoms with Gasteiger partial charge in [-0.3, -0.25) is 19.1 Å². The summed E-state index contributed by atoms with van der Waals surface area (Å²) < 4.78 is 6.93. The van der Waals surface area contributed by atoms with Crippen LogP contribution in [0.15, 0.2) is 54.2 Å². The van der Waals surface area contributed by atoms with E-state index in [2.05, 4.69) is 11.9 Å². The highest BCUT2D eigenvalue weighted by Crippen LogP contribution is 2.31. The quantitative estimate of drug-likeness (QED) is 0.169. The average molecular weight is 640 g/mol. The lowest BCUT2D eigenvalue weighted by Crippen LogP contribution is -2.53. The fourth-order valence-electron chi connectivity index (χ4n) is 5.99. The van der Waals surface area contributed by atoms with E-state index in [4.69, 9.17) is 16.3 Å². The second kappa shape index (κ2) is 19.9. The summed E-state index contributed by atoms with van der Waals surface area (Å²) >= 11 is 5.56. The van der Waals surface area contributed by atoms with E-state index in [1.807, 2.05) is 65.0 Å². The summed E-state index contributed by atoms with van der Waals surface area (Å²) in [5.74, 6) is 0.976. The average Bonchev–Trinajstić information content (AvgIpc) is 3.34. The number of methoxy groups -OCH3 is 1. The van der Waals surface area contributed by atoms with Gasteiger partial charge in [0.2, 0.25) is 12.3 Å². The second-order valence-electron chi connectivity index (χ2n) is 11.6. The zero-order chi connectivity index (χ0) is 33.4.